The summed E-state index contributed by atoms with van der Waals surface area (Å²) in [5.41, 5.74) is 2.50. The lowest BCUT2D eigenvalue weighted by Gasteiger charge is -2.26. The van der Waals surface area contributed by atoms with Crippen molar-refractivity contribution in [3.05, 3.63) is 53.4 Å². The molecule has 2 heterocycles. The van der Waals surface area contributed by atoms with Gasteiger partial charge in [0, 0.05) is 36.7 Å². The second-order valence-corrected chi connectivity index (χ2v) is 6.84. The predicted molar refractivity (Wildman–Crippen MR) is 112 cm³/mol. The number of unbranched alkanes of at least 4 members (excludes halogenated alkanes) is 1. The monoisotopic (exact) mass is 391 g/mol. The Morgan fingerprint density at radius 1 is 1.24 bits per heavy atom. The molecule has 1 aliphatic rings. The fourth-order valence-electron chi connectivity index (χ4n) is 2.98. The first-order valence-electron chi connectivity index (χ1n) is 9.86. The third-order valence-corrected chi connectivity index (χ3v) is 4.66. The summed E-state index contributed by atoms with van der Waals surface area (Å²) < 4.78 is 5.32. The number of hydrogen-bond donors (Lipinski definition) is 1. The molecule has 150 valence electrons. The molecule has 29 heavy (non-hydrogen) atoms. The number of aryl methyl sites for hydroxylation is 1. The van der Waals surface area contributed by atoms with Crippen LogP contribution in [-0.2, 0) is 16.0 Å². The zero-order valence-electron chi connectivity index (χ0n) is 16.6. The Labute approximate surface area is 171 Å². The average molecular weight is 391 g/mol. The van der Waals surface area contributed by atoms with Crippen molar-refractivity contribution in [2.75, 3.05) is 36.5 Å². The maximum absolute atomic E-state index is 12.5. The second kappa shape index (κ2) is 10.3. The highest BCUT2D eigenvalue weighted by Crippen LogP contribution is 2.15. The van der Waals surface area contributed by atoms with Crippen molar-refractivity contribution >= 4 is 23.6 Å². The van der Waals surface area contributed by atoms with E-state index >= 15 is 0 Å². The number of ether oxygens (including phenoxy) is 1. The summed E-state index contributed by atoms with van der Waals surface area (Å²) in [7, 11) is 0. The predicted octanol–water partition coefficient (Wildman–Crippen LogP) is 3.20. The molecule has 1 aliphatic heterocycles. The number of aromatic nitrogens is 2. The number of carbonyl (C=O) groups excluding carboxylic acids is 1. The highest BCUT2D eigenvalue weighted by molar-refractivity contribution is 6.09. The minimum Gasteiger partial charge on any atom is -0.378 e. The van der Waals surface area contributed by atoms with Crippen LogP contribution in [-0.4, -0.2) is 42.2 Å². The average Bonchev–Trinajstić information content (AvgIpc) is 2.78. The Morgan fingerprint density at radius 2 is 1.93 bits per heavy atom. The molecular weight excluding hydrogens is 366 g/mol. The van der Waals surface area contributed by atoms with Crippen molar-refractivity contribution in [2.45, 2.75) is 26.2 Å². The standard InChI is InChI=1S/C22H25N5O2/c1-2-3-4-17-5-7-20(8-6-17)26-21(28)19(14-23)13-18-15-24-22(25-16-18)27-9-11-29-12-10-27/h5-8,13,15-16H,2-4,9-12H2,1H3,(H,26,28)/b19-13+. The lowest BCUT2D eigenvalue weighted by atomic mass is 10.1. The van der Waals surface area contributed by atoms with E-state index in [1.807, 2.05) is 35.2 Å². The molecule has 0 bridgehead atoms. The van der Waals surface area contributed by atoms with Crippen LogP contribution in [0.3, 0.4) is 0 Å². The summed E-state index contributed by atoms with van der Waals surface area (Å²) in [6.45, 7) is 4.97. The molecule has 0 unspecified atom stereocenters. The molecule has 0 saturated carbocycles. The third kappa shape index (κ3) is 5.87. The molecule has 2 aromatic rings. The number of hydrogen-bond acceptors (Lipinski definition) is 6. The van der Waals surface area contributed by atoms with E-state index in [-0.39, 0.29) is 5.57 Å². The van der Waals surface area contributed by atoms with Crippen LogP contribution in [0.2, 0.25) is 0 Å². The second-order valence-electron chi connectivity index (χ2n) is 6.84. The number of morpholine rings is 1. The Morgan fingerprint density at radius 3 is 2.55 bits per heavy atom. The topological polar surface area (TPSA) is 91.1 Å². The Hall–Kier alpha value is -3.24. The number of benzene rings is 1. The summed E-state index contributed by atoms with van der Waals surface area (Å²) in [6, 6.07) is 9.67. The number of carbonyl (C=O) groups is 1. The van der Waals surface area contributed by atoms with Crippen LogP contribution in [0.1, 0.15) is 30.9 Å². The fraction of sp³-hybridized carbons (Fsp3) is 0.364. The number of nitrogens with one attached hydrogen (secondary N) is 1. The zero-order valence-corrected chi connectivity index (χ0v) is 16.6. The molecule has 1 N–H and O–H groups in total. The fourth-order valence-corrected chi connectivity index (χ4v) is 2.98. The first kappa shape index (κ1) is 20.5. The van der Waals surface area contributed by atoms with E-state index in [0.717, 1.165) is 32.4 Å². The van der Waals surface area contributed by atoms with Gasteiger partial charge in [0.2, 0.25) is 5.95 Å². The number of anilines is 2. The summed E-state index contributed by atoms with van der Waals surface area (Å²) >= 11 is 0. The van der Waals surface area contributed by atoms with E-state index < -0.39 is 5.91 Å². The molecule has 1 amide bonds. The number of nitrogens with zero attached hydrogens (tertiary/aromatic N) is 4. The smallest absolute Gasteiger partial charge is 0.266 e. The molecule has 7 heteroatoms. The minimum absolute atomic E-state index is 0.00258. The maximum Gasteiger partial charge on any atom is 0.266 e. The first-order valence-corrected chi connectivity index (χ1v) is 9.86. The van der Waals surface area contributed by atoms with E-state index in [9.17, 15) is 10.1 Å². The third-order valence-electron chi connectivity index (χ3n) is 4.66. The number of rotatable bonds is 7. The number of amides is 1. The highest BCUT2D eigenvalue weighted by atomic mass is 16.5. The van der Waals surface area contributed by atoms with Crippen LogP contribution in [0, 0.1) is 11.3 Å². The van der Waals surface area contributed by atoms with Gasteiger partial charge >= 0.3 is 0 Å². The lowest BCUT2D eigenvalue weighted by Crippen LogP contribution is -2.37. The van der Waals surface area contributed by atoms with E-state index in [0.29, 0.717) is 30.4 Å². The van der Waals surface area contributed by atoms with Crippen LogP contribution < -0.4 is 10.2 Å². The van der Waals surface area contributed by atoms with Crippen molar-refractivity contribution in [1.29, 1.82) is 5.26 Å². The quantitative estimate of drug-likeness (QED) is 0.576. The van der Waals surface area contributed by atoms with Crippen LogP contribution in [0.5, 0.6) is 0 Å². The molecule has 3 rings (SSSR count). The molecule has 1 aromatic heterocycles. The van der Waals surface area contributed by atoms with Gasteiger partial charge in [-0.1, -0.05) is 25.5 Å². The molecule has 0 radical (unpaired) electrons. The van der Waals surface area contributed by atoms with Gasteiger partial charge in [0.1, 0.15) is 11.6 Å². The summed E-state index contributed by atoms with van der Waals surface area (Å²) in [4.78, 5) is 23.2. The summed E-state index contributed by atoms with van der Waals surface area (Å²) in [5.74, 6) is 0.169. The van der Waals surface area contributed by atoms with Gasteiger partial charge in [-0.3, -0.25) is 4.79 Å². The van der Waals surface area contributed by atoms with Gasteiger partial charge in [0.05, 0.1) is 13.2 Å². The lowest BCUT2D eigenvalue weighted by molar-refractivity contribution is -0.112. The van der Waals surface area contributed by atoms with Gasteiger partial charge in [-0.25, -0.2) is 9.97 Å². The Kier molecular flexibility index (Phi) is 7.31. The molecule has 1 fully saturated rings. The molecule has 0 spiro atoms. The Balaban J connectivity index is 1.64. The van der Waals surface area contributed by atoms with Crippen molar-refractivity contribution in [2.24, 2.45) is 0 Å². The molecule has 0 aliphatic carbocycles. The zero-order chi connectivity index (χ0) is 20.5. The van der Waals surface area contributed by atoms with Crippen LogP contribution in [0.25, 0.3) is 6.08 Å². The highest BCUT2D eigenvalue weighted by Gasteiger charge is 2.14. The van der Waals surface area contributed by atoms with Gasteiger partial charge in [0.25, 0.3) is 5.91 Å². The first-order chi connectivity index (χ1) is 14.2. The SMILES string of the molecule is CCCCc1ccc(NC(=O)/C(C#N)=C/c2cnc(N3CCOCC3)nc2)cc1. The van der Waals surface area contributed by atoms with Crippen LogP contribution in [0.15, 0.2) is 42.2 Å². The summed E-state index contributed by atoms with van der Waals surface area (Å²) in [6.07, 6.45) is 8.03. The van der Waals surface area contributed by atoms with Gasteiger partial charge in [-0.15, -0.1) is 0 Å². The van der Waals surface area contributed by atoms with Crippen molar-refractivity contribution in [1.82, 2.24) is 9.97 Å². The Bertz CT molecular complexity index is 879. The largest absolute Gasteiger partial charge is 0.378 e. The van der Waals surface area contributed by atoms with Crippen molar-refractivity contribution in [3.63, 3.8) is 0 Å². The molecular formula is C22H25N5O2. The van der Waals surface area contributed by atoms with Gasteiger partial charge in [-0.2, -0.15) is 5.26 Å². The summed E-state index contributed by atoms with van der Waals surface area (Å²) in [5, 5.41) is 12.2. The van der Waals surface area contributed by atoms with E-state index in [2.05, 4.69) is 22.2 Å². The molecule has 1 saturated heterocycles. The maximum atomic E-state index is 12.5. The van der Waals surface area contributed by atoms with Crippen molar-refractivity contribution in [3.8, 4) is 6.07 Å². The van der Waals surface area contributed by atoms with Crippen LogP contribution in [0.4, 0.5) is 11.6 Å². The van der Waals surface area contributed by atoms with E-state index in [1.54, 1.807) is 12.4 Å². The normalized spacial score (nSPS) is 14.3. The molecule has 7 nitrogen and oxygen atoms in total. The van der Waals surface area contributed by atoms with E-state index in [4.69, 9.17) is 4.74 Å². The van der Waals surface area contributed by atoms with Gasteiger partial charge < -0.3 is 15.0 Å². The van der Waals surface area contributed by atoms with E-state index in [1.165, 1.54) is 11.6 Å². The minimum atomic E-state index is -0.453. The van der Waals surface area contributed by atoms with Crippen molar-refractivity contribution < 1.29 is 9.53 Å². The van der Waals surface area contributed by atoms with Gasteiger partial charge in [-0.05, 0) is 36.6 Å². The van der Waals surface area contributed by atoms with Gasteiger partial charge in [0.15, 0.2) is 0 Å². The van der Waals surface area contributed by atoms with Crippen LogP contribution >= 0.6 is 0 Å². The molecule has 1 aromatic carbocycles. The number of nitriles is 1. The molecule has 0 atom stereocenters.